The summed E-state index contributed by atoms with van der Waals surface area (Å²) >= 11 is 1.35. The summed E-state index contributed by atoms with van der Waals surface area (Å²) in [6, 6.07) is 6.85. The van der Waals surface area contributed by atoms with Crippen LogP contribution in [0.5, 0.6) is 0 Å². The fourth-order valence-electron chi connectivity index (χ4n) is 2.04. The van der Waals surface area contributed by atoms with Gasteiger partial charge in [-0.1, -0.05) is 19.9 Å². The van der Waals surface area contributed by atoms with E-state index in [1.807, 2.05) is 19.2 Å². The molecule has 2 rings (SSSR count). The van der Waals surface area contributed by atoms with Gasteiger partial charge in [0.25, 0.3) is 0 Å². The molecule has 21 heavy (non-hydrogen) atoms. The van der Waals surface area contributed by atoms with E-state index in [-0.39, 0.29) is 18.2 Å². The van der Waals surface area contributed by atoms with Crippen molar-refractivity contribution in [3.63, 3.8) is 0 Å². The summed E-state index contributed by atoms with van der Waals surface area (Å²) in [6.07, 6.45) is 1.45. The average Bonchev–Trinajstić information content (AvgIpc) is 3.07. The van der Waals surface area contributed by atoms with Gasteiger partial charge in [-0.3, -0.25) is 0 Å². The molecule has 0 aromatic carbocycles. The molecule has 5 nitrogen and oxygen atoms in total. The van der Waals surface area contributed by atoms with Gasteiger partial charge in [-0.15, -0.1) is 11.3 Å². The normalized spacial score (nSPS) is 15.2. The highest BCUT2D eigenvalue weighted by Gasteiger charge is 2.36. The zero-order valence-corrected chi connectivity index (χ0v) is 13.6. The lowest BCUT2D eigenvalue weighted by molar-refractivity contribution is 0.0655. The fourth-order valence-corrected chi connectivity index (χ4v) is 4.29. The van der Waals surface area contributed by atoms with Crippen molar-refractivity contribution in [1.29, 1.82) is 0 Å². The Hall–Kier alpha value is -1.15. The third-order valence-corrected chi connectivity index (χ3v) is 5.67. The van der Waals surface area contributed by atoms with E-state index in [4.69, 9.17) is 4.42 Å². The van der Waals surface area contributed by atoms with Crippen molar-refractivity contribution in [2.45, 2.75) is 19.4 Å². The third kappa shape index (κ3) is 3.94. The van der Waals surface area contributed by atoms with E-state index in [0.29, 0.717) is 10.6 Å². The summed E-state index contributed by atoms with van der Waals surface area (Å²) < 4.78 is 31.7. The highest BCUT2D eigenvalue weighted by molar-refractivity contribution is 7.89. The second-order valence-corrected chi connectivity index (χ2v) is 8.11. The standard InChI is InChI=1S/C14H19NO4S2/c1-11(2)9-21(17,18)15-10-14(16,12-5-3-7-19-12)13-6-4-8-20-13/h3-8,11,15-16H,9-10H2,1-2H3. The zero-order chi connectivity index (χ0) is 15.5. The molecule has 2 aromatic heterocycles. The second-order valence-electron chi connectivity index (χ2n) is 5.31. The highest BCUT2D eigenvalue weighted by Crippen LogP contribution is 2.32. The molecule has 2 heterocycles. The van der Waals surface area contributed by atoms with Crippen LogP contribution in [0.1, 0.15) is 24.5 Å². The molecule has 1 unspecified atom stereocenters. The van der Waals surface area contributed by atoms with E-state index in [1.165, 1.54) is 17.6 Å². The smallest absolute Gasteiger partial charge is 0.211 e. The molecule has 0 aliphatic rings. The van der Waals surface area contributed by atoms with Gasteiger partial charge in [0.05, 0.1) is 18.6 Å². The molecule has 0 fully saturated rings. The first kappa shape index (κ1) is 16.2. The topological polar surface area (TPSA) is 79.5 Å². The Morgan fingerprint density at radius 2 is 2.14 bits per heavy atom. The van der Waals surface area contributed by atoms with Crippen LogP contribution in [0.2, 0.25) is 0 Å². The molecule has 0 aliphatic heterocycles. The summed E-state index contributed by atoms with van der Waals surface area (Å²) in [4.78, 5) is 0.629. The number of rotatable bonds is 7. The molecule has 0 amide bonds. The molecule has 2 N–H and O–H groups in total. The molecular weight excluding hydrogens is 310 g/mol. The first-order valence-corrected chi connectivity index (χ1v) is 9.14. The number of sulfonamides is 1. The van der Waals surface area contributed by atoms with Gasteiger partial charge in [0, 0.05) is 4.88 Å². The lowest BCUT2D eigenvalue weighted by atomic mass is 9.99. The number of hydrogen-bond acceptors (Lipinski definition) is 5. The highest BCUT2D eigenvalue weighted by atomic mass is 32.2. The molecule has 0 aliphatic carbocycles. The van der Waals surface area contributed by atoms with Crippen molar-refractivity contribution < 1.29 is 17.9 Å². The average molecular weight is 329 g/mol. The predicted octanol–water partition coefficient (Wildman–Crippen LogP) is 2.15. The van der Waals surface area contributed by atoms with E-state index in [9.17, 15) is 13.5 Å². The number of aliphatic hydroxyl groups is 1. The third-order valence-electron chi connectivity index (χ3n) is 2.96. The Morgan fingerprint density at radius 3 is 2.67 bits per heavy atom. The molecule has 2 aromatic rings. The molecule has 7 heteroatoms. The molecular formula is C14H19NO4S2. The summed E-state index contributed by atoms with van der Waals surface area (Å²) in [5.74, 6) is 0.351. The van der Waals surface area contributed by atoms with Crippen LogP contribution < -0.4 is 4.72 Å². The first-order chi connectivity index (χ1) is 9.83. The van der Waals surface area contributed by atoms with Crippen molar-refractivity contribution in [2.75, 3.05) is 12.3 Å². The Labute approximate surface area is 128 Å². The molecule has 0 radical (unpaired) electrons. The van der Waals surface area contributed by atoms with E-state index in [2.05, 4.69) is 4.72 Å². The summed E-state index contributed by atoms with van der Waals surface area (Å²) in [6.45, 7) is 3.50. The van der Waals surface area contributed by atoms with Crippen LogP contribution in [0, 0.1) is 5.92 Å². The Balaban J connectivity index is 2.23. The zero-order valence-electron chi connectivity index (χ0n) is 11.9. The molecule has 116 valence electrons. The second kappa shape index (κ2) is 6.31. The van der Waals surface area contributed by atoms with Crippen molar-refractivity contribution in [3.8, 4) is 0 Å². The van der Waals surface area contributed by atoms with Gasteiger partial charge in [0.1, 0.15) is 5.76 Å². The monoisotopic (exact) mass is 329 g/mol. The van der Waals surface area contributed by atoms with Gasteiger partial charge in [-0.05, 0) is 29.5 Å². The minimum absolute atomic E-state index is 0.0148. The van der Waals surface area contributed by atoms with Crippen LogP contribution in [0.3, 0.4) is 0 Å². The van der Waals surface area contributed by atoms with Crippen LogP contribution >= 0.6 is 11.3 Å². The maximum atomic E-state index is 12.0. The van der Waals surface area contributed by atoms with Crippen LogP contribution in [0.4, 0.5) is 0 Å². The van der Waals surface area contributed by atoms with Crippen molar-refractivity contribution >= 4 is 21.4 Å². The predicted molar refractivity (Wildman–Crippen MR) is 82.7 cm³/mol. The quantitative estimate of drug-likeness (QED) is 0.816. The van der Waals surface area contributed by atoms with Gasteiger partial charge in [-0.2, -0.15) is 0 Å². The van der Waals surface area contributed by atoms with Crippen molar-refractivity contribution in [3.05, 3.63) is 46.5 Å². The number of nitrogens with one attached hydrogen (secondary N) is 1. The van der Waals surface area contributed by atoms with Crippen LogP contribution in [0.25, 0.3) is 0 Å². The summed E-state index contributed by atoms with van der Waals surface area (Å²) in [5, 5.41) is 12.7. The molecule has 0 saturated heterocycles. The van der Waals surface area contributed by atoms with Crippen LogP contribution in [-0.4, -0.2) is 25.8 Å². The van der Waals surface area contributed by atoms with E-state index in [1.54, 1.807) is 24.3 Å². The maximum Gasteiger partial charge on any atom is 0.211 e. The van der Waals surface area contributed by atoms with E-state index in [0.717, 1.165) is 0 Å². The van der Waals surface area contributed by atoms with E-state index < -0.39 is 15.6 Å². The van der Waals surface area contributed by atoms with Gasteiger partial charge in [-0.25, -0.2) is 13.1 Å². The van der Waals surface area contributed by atoms with Crippen LogP contribution in [-0.2, 0) is 15.6 Å². The summed E-state index contributed by atoms with van der Waals surface area (Å²) in [5.41, 5.74) is -1.50. The lowest BCUT2D eigenvalue weighted by Crippen LogP contribution is -2.42. The van der Waals surface area contributed by atoms with E-state index >= 15 is 0 Å². The van der Waals surface area contributed by atoms with Gasteiger partial charge < -0.3 is 9.52 Å². The van der Waals surface area contributed by atoms with Crippen molar-refractivity contribution in [2.24, 2.45) is 5.92 Å². The number of furan rings is 1. The lowest BCUT2D eigenvalue weighted by Gasteiger charge is -2.25. The molecule has 0 bridgehead atoms. The number of hydrogen-bond donors (Lipinski definition) is 2. The van der Waals surface area contributed by atoms with Crippen LogP contribution in [0.15, 0.2) is 40.3 Å². The van der Waals surface area contributed by atoms with Gasteiger partial charge >= 0.3 is 0 Å². The Morgan fingerprint density at radius 1 is 1.38 bits per heavy atom. The molecule has 0 spiro atoms. The van der Waals surface area contributed by atoms with Gasteiger partial charge in [0.15, 0.2) is 5.60 Å². The fraction of sp³-hybridized carbons (Fsp3) is 0.429. The summed E-state index contributed by atoms with van der Waals surface area (Å²) in [7, 11) is -3.44. The minimum atomic E-state index is -3.44. The molecule has 0 saturated carbocycles. The molecule has 1 atom stereocenters. The number of thiophene rings is 1. The Kier molecular flexibility index (Phi) is 4.88. The maximum absolute atomic E-state index is 12.0. The first-order valence-electron chi connectivity index (χ1n) is 6.61. The minimum Gasteiger partial charge on any atom is -0.466 e. The largest absolute Gasteiger partial charge is 0.466 e. The van der Waals surface area contributed by atoms with Crippen molar-refractivity contribution in [1.82, 2.24) is 4.72 Å². The van der Waals surface area contributed by atoms with Gasteiger partial charge in [0.2, 0.25) is 10.0 Å². The Bertz CT molecular complexity index is 611. The SMILES string of the molecule is CC(C)CS(=O)(=O)NCC(O)(c1ccco1)c1cccs1.